The lowest BCUT2D eigenvalue weighted by atomic mass is 10.1. The van der Waals surface area contributed by atoms with E-state index in [0.717, 1.165) is 0 Å². The molecule has 0 saturated heterocycles. The molecule has 2 heterocycles. The molecule has 1 N–H and O–H groups in total. The topological polar surface area (TPSA) is 108 Å². The molecule has 0 radical (unpaired) electrons. The maximum Gasteiger partial charge on any atom is 0.422 e. The summed E-state index contributed by atoms with van der Waals surface area (Å²) in [5.41, 5.74) is 1.27. The Kier molecular flexibility index (Phi) is 5.82. The van der Waals surface area contributed by atoms with Gasteiger partial charge in [-0.1, -0.05) is 6.08 Å². The molecule has 7 nitrogen and oxygen atoms in total. The highest BCUT2D eigenvalue weighted by Crippen LogP contribution is 2.26. The van der Waals surface area contributed by atoms with Crippen LogP contribution in [0.2, 0.25) is 0 Å². The first-order chi connectivity index (χ1) is 13.2. The van der Waals surface area contributed by atoms with Gasteiger partial charge in [-0.15, -0.1) is 0 Å². The Labute approximate surface area is 162 Å². The summed E-state index contributed by atoms with van der Waals surface area (Å²) >= 11 is -1.72. The van der Waals surface area contributed by atoms with Gasteiger partial charge in [-0.2, -0.15) is 26.6 Å². The molecular weight excluding hydrogens is 419 g/mol. The van der Waals surface area contributed by atoms with Crippen molar-refractivity contribution < 1.29 is 30.9 Å². The third-order valence-electron chi connectivity index (χ3n) is 3.90. The molecule has 0 aliphatic heterocycles. The number of ether oxygens (including phenoxy) is 1. The molecule has 0 saturated carbocycles. The van der Waals surface area contributed by atoms with E-state index in [4.69, 9.17) is 4.74 Å². The molecule has 0 amide bonds. The van der Waals surface area contributed by atoms with Crippen LogP contribution >= 0.6 is 0 Å². The second-order valence-corrected chi connectivity index (χ2v) is 8.17. The van der Waals surface area contributed by atoms with E-state index >= 15 is 0 Å². The lowest BCUT2D eigenvalue weighted by Gasteiger charge is -2.14. The minimum absolute atomic E-state index is 0.00151. The van der Waals surface area contributed by atoms with Crippen LogP contribution in [0, 0.1) is 6.92 Å². The summed E-state index contributed by atoms with van der Waals surface area (Å²) < 4.78 is 77.1. The summed E-state index contributed by atoms with van der Waals surface area (Å²) in [4.78, 5) is 11.1. The predicted molar refractivity (Wildman–Crippen MR) is 95.9 cm³/mol. The first kappa shape index (κ1) is 20.4. The van der Waals surface area contributed by atoms with E-state index in [9.17, 15) is 26.1 Å². The van der Waals surface area contributed by atoms with Gasteiger partial charge in [0.1, 0.15) is 16.3 Å². The van der Waals surface area contributed by atoms with E-state index in [-0.39, 0.29) is 33.6 Å². The molecule has 2 aromatic rings. The monoisotopic (exact) mass is 433 g/mol. The van der Waals surface area contributed by atoms with Crippen molar-refractivity contribution in [3.8, 4) is 5.75 Å². The van der Waals surface area contributed by atoms with Gasteiger partial charge in [0.15, 0.2) is 12.4 Å². The Bertz CT molecular complexity index is 1050. The lowest BCUT2D eigenvalue weighted by Crippen LogP contribution is -2.20. The van der Waals surface area contributed by atoms with E-state index in [1.54, 1.807) is 12.2 Å². The molecule has 28 heavy (non-hydrogen) atoms. The minimum atomic E-state index is -4.48. The van der Waals surface area contributed by atoms with E-state index in [1.807, 2.05) is 0 Å². The van der Waals surface area contributed by atoms with Crippen molar-refractivity contribution in [3.63, 3.8) is 0 Å². The minimum Gasteiger partial charge on any atom is -0.609 e. The van der Waals surface area contributed by atoms with E-state index < -0.39 is 34.3 Å². The van der Waals surface area contributed by atoms with Crippen LogP contribution in [0.5, 0.6) is 5.75 Å². The van der Waals surface area contributed by atoms with Crippen LogP contribution in [0.25, 0.3) is 6.08 Å². The number of alkyl halides is 3. The van der Waals surface area contributed by atoms with Crippen LogP contribution in [0.4, 0.5) is 13.2 Å². The third kappa shape index (κ3) is 4.56. The number of aromatic amines is 1. The second kappa shape index (κ2) is 7.97. The van der Waals surface area contributed by atoms with Gasteiger partial charge < -0.3 is 9.29 Å². The fourth-order valence-corrected chi connectivity index (χ4v) is 4.18. The molecule has 150 valence electrons. The van der Waals surface area contributed by atoms with Crippen molar-refractivity contribution in [2.75, 3.05) is 6.61 Å². The van der Waals surface area contributed by atoms with Crippen molar-refractivity contribution in [3.05, 3.63) is 41.0 Å². The third-order valence-corrected chi connectivity index (χ3v) is 5.82. The summed E-state index contributed by atoms with van der Waals surface area (Å²) in [5.74, 6) is -0.126. The van der Waals surface area contributed by atoms with Gasteiger partial charge in [-0.25, -0.2) is 0 Å². The van der Waals surface area contributed by atoms with Gasteiger partial charge in [-0.3, -0.25) is 9.97 Å². The number of allylic oxidation sites excluding steroid dienone is 1. The Morgan fingerprint density at radius 2 is 2.14 bits per heavy atom. The standard InChI is InChI=1S/C16H14F3N3O4S2/c1-9-11(20-6-5-12(9)26-8-16(17,18)19)7-27(23)15-21-10-3-2-4-13(28(24)25)14(10)22-15/h2-3,5-6H,4,7-8H2,1H3,(H,21,22)/t27-/m1/s1. The van der Waals surface area contributed by atoms with Gasteiger partial charge in [-0.05, 0) is 19.1 Å². The molecular formula is C16H14F3N3O4S2. The number of nitrogens with one attached hydrogen (secondary N) is 1. The molecule has 0 bridgehead atoms. The number of nitrogens with zero attached hydrogens (tertiary/aromatic N) is 2. The molecule has 2 aromatic heterocycles. The number of imidazole rings is 1. The number of hydrogen-bond donors (Lipinski definition) is 1. The average molecular weight is 433 g/mol. The number of pyridine rings is 1. The molecule has 0 spiro atoms. The fourth-order valence-electron chi connectivity index (χ4n) is 2.55. The van der Waals surface area contributed by atoms with Crippen LogP contribution in [0.3, 0.4) is 0 Å². The highest BCUT2D eigenvalue weighted by atomic mass is 32.2. The number of hydrogen-bond acceptors (Lipinski definition) is 6. The average Bonchev–Trinajstić information content (AvgIpc) is 3.05. The van der Waals surface area contributed by atoms with Crippen molar-refractivity contribution in [2.24, 2.45) is 0 Å². The molecule has 3 rings (SSSR count). The molecule has 0 aromatic carbocycles. The summed E-state index contributed by atoms with van der Waals surface area (Å²) in [6.45, 7) is 0.0795. The number of H-pyrrole nitrogens is 1. The second-order valence-electron chi connectivity index (χ2n) is 5.84. The van der Waals surface area contributed by atoms with E-state index in [0.29, 0.717) is 17.0 Å². The van der Waals surface area contributed by atoms with E-state index in [2.05, 4.69) is 15.0 Å². The summed E-state index contributed by atoms with van der Waals surface area (Å²) in [6.07, 6.45) is 0.280. The van der Waals surface area contributed by atoms with Crippen molar-refractivity contribution in [2.45, 2.75) is 30.4 Å². The molecule has 12 heteroatoms. The number of aromatic nitrogens is 3. The first-order valence-electron chi connectivity index (χ1n) is 7.90. The normalized spacial score (nSPS) is 14.7. The van der Waals surface area contributed by atoms with Crippen LogP contribution in [0.15, 0.2) is 23.5 Å². The molecule has 1 aliphatic rings. The zero-order chi connectivity index (χ0) is 20.5. The maximum atomic E-state index is 12.7. The predicted octanol–water partition coefficient (Wildman–Crippen LogP) is 2.18. The zero-order valence-electron chi connectivity index (χ0n) is 14.4. The zero-order valence-corrected chi connectivity index (χ0v) is 16.0. The highest BCUT2D eigenvalue weighted by Gasteiger charge is 2.29. The highest BCUT2D eigenvalue weighted by molar-refractivity contribution is 7.90. The van der Waals surface area contributed by atoms with Gasteiger partial charge in [0.25, 0.3) is 0 Å². The van der Waals surface area contributed by atoms with Crippen molar-refractivity contribution in [1.29, 1.82) is 0 Å². The molecule has 1 aliphatic carbocycles. The quantitative estimate of drug-likeness (QED) is 0.572. The summed E-state index contributed by atoms with van der Waals surface area (Å²) in [6, 6.07) is 1.30. The molecule has 0 unspecified atom stereocenters. The SMILES string of the molecule is Cc1c(OCC(F)(F)F)ccnc1C[S@@+]([O-])c1nc2c([nH]1)C=CCC2=S(=O)=O. The van der Waals surface area contributed by atoms with Gasteiger partial charge in [0, 0.05) is 29.4 Å². The summed E-state index contributed by atoms with van der Waals surface area (Å²) in [5, 5.41) is 0.0577. The Hall–Kier alpha value is -2.31. The Morgan fingerprint density at radius 3 is 2.82 bits per heavy atom. The Morgan fingerprint density at radius 1 is 1.39 bits per heavy atom. The fraction of sp³-hybridized carbons (Fsp3) is 0.312. The molecule has 0 fully saturated rings. The smallest absolute Gasteiger partial charge is 0.422 e. The Balaban J connectivity index is 1.82. The number of halogens is 3. The van der Waals surface area contributed by atoms with Gasteiger partial charge in [0.2, 0.25) is 10.3 Å². The van der Waals surface area contributed by atoms with Gasteiger partial charge in [0.05, 0.1) is 11.4 Å². The molecule has 1 atom stereocenters. The van der Waals surface area contributed by atoms with Crippen LogP contribution in [-0.2, 0) is 27.2 Å². The van der Waals surface area contributed by atoms with Crippen LogP contribution in [0.1, 0.15) is 29.1 Å². The summed E-state index contributed by atoms with van der Waals surface area (Å²) in [7, 11) is -2.45. The first-order valence-corrected chi connectivity index (χ1v) is 10.3. The van der Waals surface area contributed by atoms with Crippen LogP contribution < -0.4 is 4.74 Å². The largest absolute Gasteiger partial charge is 0.609 e. The van der Waals surface area contributed by atoms with E-state index in [1.165, 1.54) is 19.2 Å². The maximum absolute atomic E-state index is 12.7. The lowest BCUT2D eigenvalue weighted by molar-refractivity contribution is -0.153. The van der Waals surface area contributed by atoms with Gasteiger partial charge >= 0.3 is 11.3 Å². The van der Waals surface area contributed by atoms with Crippen LogP contribution in [-0.4, -0.2) is 45.6 Å². The number of fused-ring (bicyclic) bond motifs is 1. The van der Waals surface area contributed by atoms with Crippen molar-refractivity contribution in [1.82, 2.24) is 15.0 Å². The number of rotatable bonds is 5. The van der Waals surface area contributed by atoms with Crippen molar-refractivity contribution >= 4 is 32.4 Å².